The zero-order valence-corrected chi connectivity index (χ0v) is 20.4. The Morgan fingerprint density at radius 3 is 2.65 bits per heavy atom. The highest BCUT2D eigenvalue weighted by molar-refractivity contribution is 6.30. The lowest BCUT2D eigenvalue weighted by Gasteiger charge is -2.11. The fraction of sp³-hybridized carbons (Fsp3) is 0.269. The van der Waals surface area contributed by atoms with E-state index in [1.54, 1.807) is 14.2 Å². The second kappa shape index (κ2) is 10.1. The summed E-state index contributed by atoms with van der Waals surface area (Å²) in [5, 5.41) is 8.39. The summed E-state index contributed by atoms with van der Waals surface area (Å²) in [7, 11) is 3.24. The third-order valence-electron chi connectivity index (χ3n) is 5.83. The molecule has 1 amide bonds. The molecule has 0 aliphatic carbocycles. The number of amides is 1. The van der Waals surface area contributed by atoms with Crippen LogP contribution in [0, 0.1) is 13.8 Å². The van der Waals surface area contributed by atoms with Gasteiger partial charge in [-0.15, -0.1) is 0 Å². The quantitative estimate of drug-likeness (QED) is 0.388. The highest BCUT2D eigenvalue weighted by Crippen LogP contribution is 2.33. The Morgan fingerprint density at radius 1 is 1.09 bits per heavy atom. The summed E-state index contributed by atoms with van der Waals surface area (Å²) < 4.78 is 12.7. The maximum atomic E-state index is 12.5. The minimum atomic E-state index is -0.0250. The summed E-state index contributed by atoms with van der Waals surface area (Å²) in [5.74, 6) is 1.36. The number of carbonyl (C=O) groups is 1. The average molecular weight is 479 g/mol. The second-order valence-corrected chi connectivity index (χ2v) is 8.47. The van der Waals surface area contributed by atoms with E-state index in [0.29, 0.717) is 35.9 Å². The van der Waals surface area contributed by atoms with Gasteiger partial charge in [0.2, 0.25) is 5.91 Å². The molecular formula is C26H27ClN4O3. The predicted molar refractivity (Wildman–Crippen MR) is 133 cm³/mol. The molecule has 0 saturated heterocycles. The van der Waals surface area contributed by atoms with E-state index in [2.05, 4.69) is 5.32 Å². The third-order valence-corrected chi connectivity index (χ3v) is 6.06. The smallest absolute Gasteiger partial charge is 0.220 e. The molecule has 2 aromatic heterocycles. The molecule has 2 aromatic carbocycles. The maximum absolute atomic E-state index is 12.5. The number of hydrogen-bond acceptors (Lipinski definition) is 5. The molecule has 0 atom stereocenters. The fourth-order valence-corrected chi connectivity index (χ4v) is 4.22. The molecule has 8 heteroatoms. The summed E-state index contributed by atoms with van der Waals surface area (Å²) in [6.45, 7) is 4.41. The van der Waals surface area contributed by atoms with Gasteiger partial charge in [0.15, 0.2) is 5.65 Å². The molecule has 0 unspecified atom stereocenters. The molecule has 0 spiro atoms. The van der Waals surface area contributed by atoms with E-state index in [0.717, 1.165) is 39.4 Å². The number of rotatable bonds is 8. The molecule has 2 heterocycles. The number of fused-ring (bicyclic) bond motifs is 1. The average Bonchev–Trinajstić information content (AvgIpc) is 3.26. The summed E-state index contributed by atoms with van der Waals surface area (Å²) in [5.41, 5.74) is 6.19. The molecule has 0 saturated carbocycles. The van der Waals surface area contributed by atoms with E-state index in [1.807, 2.05) is 66.9 Å². The van der Waals surface area contributed by atoms with Gasteiger partial charge in [0.25, 0.3) is 0 Å². The number of carbonyl (C=O) groups excluding carboxylic acids is 1. The van der Waals surface area contributed by atoms with E-state index < -0.39 is 0 Å². The van der Waals surface area contributed by atoms with E-state index in [4.69, 9.17) is 31.2 Å². The lowest BCUT2D eigenvalue weighted by molar-refractivity contribution is -0.121. The van der Waals surface area contributed by atoms with Crippen LogP contribution in [0.1, 0.15) is 28.9 Å². The molecule has 7 nitrogen and oxygen atoms in total. The number of aryl methyl sites for hydroxylation is 2. The summed E-state index contributed by atoms with van der Waals surface area (Å²) in [4.78, 5) is 17.2. The maximum Gasteiger partial charge on any atom is 0.220 e. The van der Waals surface area contributed by atoms with Crippen LogP contribution in [0.3, 0.4) is 0 Å². The SMILES string of the molecule is COc1ccc(-c2cc3nc(C)c(CCC(=O)NCc4cccc(Cl)c4)c(C)n3n2)c(OC)c1. The van der Waals surface area contributed by atoms with Crippen molar-refractivity contribution in [1.29, 1.82) is 0 Å². The highest BCUT2D eigenvalue weighted by atomic mass is 35.5. The number of benzene rings is 2. The number of aromatic nitrogens is 3. The van der Waals surface area contributed by atoms with Crippen LogP contribution < -0.4 is 14.8 Å². The Labute approximate surface area is 203 Å². The van der Waals surface area contributed by atoms with Gasteiger partial charge in [0.05, 0.1) is 19.9 Å². The van der Waals surface area contributed by atoms with Crippen LogP contribution >= 0.6 is 11.6 Å². The molecule has 0 aliphatic rings. The van der Waals surface area contributed by atoms with Crippen LogP contribution in [0.15, 0.2) is 48.5 Å². The summed E-state index contributed by atoms with van der Waals surface area (Å²) in [6, 6.07) is 15.0. The van der Waals surface area contributed by atoms with Gasteiger partial charge in [0.1, 0.15) is 11.5 Å². The van der Waals surface area contributed by atoms with E-state index >= 15 is 0 Å². The normalized spacial score (nSPS) is 11.0. The Balaban J connectivity index is 1.52. The van der Waals surface area contributed by atoms with Crippen molar-refractivity contribution in [3.8, 4) is 22.8 Å². The Hall–Kier alpha value is -3.58. The van der Waals surface area contributed by atoms with Gasteiger partial charge < -0.3 is 14.8 Å². The van der Waals surface area contributed by atoms with Gasteiger partial charge in [-0.05, 0) is 55.7 Å². The molecule has 0 fully saturated rings. The lowest BCUT2D eigenvalue weighted by atomic mass is 10.1. The van der Waals surface area contributed by atoms with E-state index in [-0.39, 0.29) is 5.91 Å². The van der Waals surface area contributed by atoms with Crippen molar-refractivity contribution in [1.82, 2.24) is 19.9 Å². The minimum absolute atomic E-state index is 0.0250. The largest absolute Gasteiger partial charge is 0.497 e. The minimum Gasteiger partial charge on any atom is -0.497 e. The third kappa shape index (κ3) is 4.99. The Morgan fingerprint density at radius 2 is 1.91 bits per heavy atom. The van der Waals surface area contributed by atoms with Gasteiger partial charge in [-0.1, -0.05) is 23.7 Å². The lowest BCUT2D eigenvalue weighted by Crippen LogP contribution is -2.23. The van der Waals surface area contributed by atoms with Crippen molar-refractivity contribution in [2.75, 3.05) is 14.2 Å². The molecule has 0 radical (unpaired) electrons. The topological polar surface area (TPSA) is 77.8 Å². The van der Waals surface area contributed by atoms with Crippen molar-refractivity contribution in [2.45, 2.75) is 33.2 Å². The van der Waals surface area contributed by atoms with E-state index in [9.17, 15) is 4.79 Å². The first-order chi connectivity index (χ1) is 16.4. The van der Waals surface area contributed by atoms with Crippen molar-refractivity contribution < 1.29 is 14.3 Å². The molecule has 34 heavy (non-hydrogen) atoms. The number of nitrogens with zero attached hydrogens (tertiary/aromatic N) is 3. The number of nitrogens with one attached hydrogen (secondary N) is 1. The van der Waals surface area contributed by atoms with Gasteiger partial charge in [-0.25, -0.2) is 9.50 Å². The summed E-state index contributed by atoms with van der Waals surface area (Å²) in [6.07, 6.45) is 0.929. The van der Waals surface area contributed by atoms with Crippen molar-refractivity contribution in [2.24, 2.45) is 0 Å². The molecule has 176 valence electrons. The van der Waals surface area contributed by atoms with E-state index in [1.165, 1.54) is 0 Å². The predicted octanol–water partition coefficient (Wildman–Crippen LogP) is 4.93. The van der Waals surface area contributed by atoms with Crippen LogP contribution in [-0.2, 0) is 17.8 Å². The standard InChI is InChI=1S/C26H27ClN4O3/c1-16-21(10-11-26(32)28-15-18-6-5-7-19(27)12-18)17(2)31-25(29-16)14-23(30-31)22-9-8-20(33-3)13-24(22)34-4/h5-9,12-14H,10-11,15H2,1-4H3,(H,28,32). The Bertz CT molecular complexity index is 1350. The van der Waals surface area contributed by atoms with Crippen LogP contribution in [-0.4, -0.2) is 34.7 Å². The number of halogens is 1. The molecule has 4 rings (SSSR count). The molecular weight excluding hydrogens is 452 g/mol. The van der Waals surface area contributed by atoms with Crippen molar-refractivity contribution in [3.63, 3.8) is 0 Å². The van der Waals surface area contributed by atoms with Crippen LogP contribution in [0.5, 0.6) is 11.5 Å². The molecule has 1 N–H and O–H groups in total. The zero-order valence-electron chi connectivity index (χ0n) is 19.7. The first kappa shape index (κ1) is 23.6. The molecule has 4 aromatic rings. The fourth-order valence-electron chi connectivity index (χ4n) is 4.00. The monoisotopic (exact) mass is 478 g/mol. The zero-order chi connectivity index (χ0) is 24.2. The molecule has 0 bridgehead atoms. The van der Waals surface area contributed by atoms with Gasteiger partial charge in [-0.3, -0.25) is 4.79 Å². The Kier molecular flexibility index (Phi) is 7.03. The van der Waals surface area contributed by atoms with Gasteiger partial charge >= 0.3 is 0 Å². The highest BCUT2D eigenvalue weighted by Gasteiger charge is 2.16. The van der Waals surface area contributed by atoms with Crippen molar-refractivity contribution in [3.05, 3.63) is 76.1 Å². The summed E-state index contributed by atoms with van der Waals surface area (Å²) >= 11 is 6.01. The van der Waals surface area contributed by atoms with Gasteiger partial charge in [-0.2, -0.15) is 5.10 Å². The number of methoxy groups -OCH3 is 2. The van der Waals surface area contributed by atoms with Crippen LogP contribution in [0.2, 0.25) is 5.02 Å². The number of ether oxygens (including phenoxy) is 2. The van der Waals surface area contributed by atoms with Crippen molar-refractivity contribution >= 4 is 23.2 Å². The first-order valence-electron chi connectivity index (χ1n) is 11.0. The van der Waals surface area contributed by atoms with Crippen LogP contribution in [0.4, 0.5) is 0 Å². The number of hydrogen-bond donors (Lipinski definition) is 1. The first-order valence-corrected chi connectivity index (χ1v) is 11.4. The second-order valence-electron chi connectivity index (χ2n) is 8.03. The van der Waals surface area contributed by atoms with Crippen LogP contribution in [0.25, 0.3) is 16.9 Å². The molecule has 0 aliphatic heterocycles. The van der Waals surface area contributed by atoms with Gasteiger partial charge in [0, 0.05) is 47.1 Å².